The average Bonchev–Trinajstić information content (AvgIpc) is 2.43. The Morgan fingerprint density at radius 2 is 1.38 bits per heavy atom. The van der Waals surface area contributed by atoms with E-state index in [0.717, 1.165) is 0 Å². The number of aryl methyl sites for hydroxylation is 2. The maximum absolute atomic E-state index is 10.3. The summed E-state index contributed by atoms with van der Waals surface area (Å²) in [6, 6.07) is 15.0. The van der Waals surface area contributed by atoms with Crippen LogP contribution in [-0.4, -0.2) is 11.2 Å². The summed E-state index contributed by atoms with van der Waals surface area (Å²) in [4.78, 5) is 0. The van der Waals surface area contributed by atoms with E-state index in [1.165, 1.54) is 27.8 Å². The average molecular weight is 282 g/mol. The second kappa shape index (κ2) is 6.91. The molecule has 0 aliphatic rings. The topological polar surface area (TPSA) is 20.2 Å². The molecule has 21 heavy (non-hydrogen) atoms. The highest BCUT2D eigenvalue weighted by atomic mass is 16.3. The van der Waals surface area contributed by atoms with Gasteiger partial charge in [-0.3, -0.25) is 0 Å². The third-order valence-corrected chi connectivity index (χ3v) is 4.16. The van der Waals surface area contributed by atoms with Crippen LogP contribution in [0.1, 0.15) is 47.6 Å². The molecule has 1 nitrogen and oxygen atoms in total. The number of aliphatic hydroxyl groups is 1. The van der Waals surface area contributed by atoms with Gasteiger partial charge in [0.05, 0.1) is 6.10 Å². The van der Waals surface area contributed by atoms with Gasteiger partial charge in [-0.1, -0.05) is 56.3 Å². The lowest BCUT2D eigenvalue weighted by Gasteiger charge is -2.13. The Morgan fingerprint density at radius 1 is 0.810 bits per heavy atom. The predicted octanol–water partition coefficient (Wildman–Crippen LogP) is 4.57. The van der Waals surface area contributed by atoms with Crippen LogP contribution in [0.3, 0.4) is 0 Å². The Kier molecular flexibility index (Phi) is 5.19. The molecule has 0 fully saturated rings. The fourth-order valence-electron chi connectivity index (χ4n) is 2.59. The number of hydrogen-bond donors (Lipinski definition) is 1. The summed E-state index contributed by atoms with van der Waals surface area (Å²) < 4.78 is 0. The Hall–Kier alpha value is -1.60. The zero-order chi connectivity index (χ0) is 15.4. The first-order valence-electron chi connectivity index (χ1n) is 7.78. The largest absolute Gasteiger partial charge is 0.392 e. The molecule has 0 radical (unpaired) electrons. The summed E-state index contributed by atoms with van der Waals surface area (Å²) >= 11 is 0. The lowest BCUT2D eigenvalue weighted by Crippen LogP contribution is -2.14. The van der Waals surface area contributed by atoms with E-state index in [1.807, 2.05) is 0 Å². The van der Waals surface area contributed by atoms with Crippen molar-refractivity contribution in [2.24, 2.45) is 0 Å². The molecule has 2 rings (SSSR count). The van der Waals surface area contributed by atoms with Gasteiger partial charge in [0.2, 0.25) is 0 Å². The first-order valence-corrected chi connectivity index (χ1v) is 7.78. The van der Waals surface area contributed by atoms with Crippen molar-refractivity contribution in [3.05, 3.63) is 70.3 Å². The van der Waals surface area contributed by atoms with Crippen LogP contribution in [0.4, 0.5) is 0 Å². The molecule has 1 N–H and O–H groups in total. The zero-order valence-electron chi connectivity index (χ0n) is 13.6. The fraction of sp³-hybridized carbons (Fsp3) is 0.400. The van der Waals surface area contributed by atoms with E-state index in [0.29, 0.717) is 18.8 Å². The summed E-state index contributed by atoms with van der Waals surface area (Å²) in [5, 5.41) is 10.3. The molecule has 2 aromatic carbocycles. The summed E-state index contributed by atoms with van der Waals surface area (Å²) in [5.41, 5.74) is 6.36. The van der Waals surface area contributed by atoms with E-state index in [2.05, 4.69) is 70.2 Å². The zero-order valence-corrected chi connectivity index (χ0v) is 13.6. The van der Waals surface area contributed by atoms with Crippen LogP contribution >= 0.6 is 0 Å². The Labute approximate surface area is 128 Å². The molecule has 112 valence electrons. The second-order valence-corrected chi connectivity index (χ2v) is 6.38. The number of benzene rings is 2. The molecule has 2 aromatic rings. The number of aliphatic hydroxyl groups excluding tert-OH is 1. The molecule has 0 aromatic heterocycles. The van der Waals surface area contributed by atoms with Crippen molar-refractivity contribution in [2.75, 3.05) is 0 Å². The van der Waals surface area contributed by atoms with E-state index >= 15 is 0 Å². The van der Waals surface area contributed by atoms with Gasteiger partial charge in [-0.05, 0) is 60.4 Å². The lowest BCUT2D eigenvalue weighted by atomic mass is 9.96. The number of rotatable bonds is 5. The van der Waals surface area contributed by atoms with Gasteiger partial charge in [-0.25, -0.2) is 0 Å². The molecule has 0 bridgehead atoms. The Balaban J connectivity index is 1.97. The van der Waals surface area contributed by atoms with Gasteiger partial charge in [-0.2, -0.15) is 0 Å². The maximum atomic E-state index is 10.3. The second-order valence-electron chi connectivity index (χ2n) is 6.38. The lowest BCUT2D eigenvalue weighted by molar-refractivity contribution is 0.175. The van der Waals surface area contributed by atoms with Gasteiger partial charge in [0.25, 0.3) is 0 Å². The predicted molar refractivity (Wildman–Crippen MR) is 89.9 cm³/mol. The Morgan fingerprint density at radius 3 is 1.95 bits per heavy atom. The summed E-state index contributed by atoms with van der Waals surface area (Å²) in [5.74, 6) is 0.555. The van der Waals surface area contributed by atoms with Crippen LogP contribution in [0, 0.1) is 13.8 Å². The third kappa shape index (κ3) is 4.44. The van der Waals surface area contributed by atoms with Gasteiger partial charge in [-0.15, -0.1) is 0 Å². The quantitative estimate of drug-likeness (QED) is 0.851. The highest BCUT2D eigenvalue weighted by Crippen LogP contribution is 2.17. The molecule has 0 saturated carbocycles. The first-order chi connectivity index (χ1) is 9.95. The molecular weight excluding hydrogens is 256 g/mol. The molecule has 0 aliphatic carbocycles. The van der Waals surface area contributed by atoms with Crippen molar-refractivity contribution in [1.82, 2.24) is 0 Å². The smallest absolute Gasteiger partial charge is 0.0620 e. The summed E-state index contributed by atoms with van der Waals surface area (Å²) in [6.07, 6.45) is 1.11. The molecule has 1 atom stereocenters. The monoisotopic (exact) mass is 282 g/mol. The fourth-order valence-corrected chi connectivity index (χ4v) is 2.59. The van der Waals surface area contributed by atoms with E-state index in [4.69, 9.17) is 0 Å². The molecule has 0 heterocycles. The van der Waals surface area contributed by atoms with E-state index in [-0.39, 0.29) is 6.10 Å². The van der Waals surface area contributed by atoms with Crippen LogP contribution in [0.5, 0.6) is 0 Å². The Bertz CT molecular complexity index is 581. The van der Waals surface area contributed by atoms with E-state index in [1.54, 1.807) is 0 Å². The standard InChI is InChI=1S/C20H26O/c1-14(2)19-9-7-17(8-10-19)12-20(21)13-18-6-5-15(3)16(4)11-18/h5-11,14,20-21H,12-13H2,1-4H3. The van der Waals surface area contributed by atoms with Crippen molar-refractivity contribution < 1.29 is 5.11 Å². The van der Waals surface area contributed by atoms with Crippen molar-refractivity contribution in [1.29, 1.82) is 0 Å². The van der Waals surface area contributed by atoms with Crippen molar-refractivity contribution in [3.63, 3.8) is 0 Å². The maximum Gasteiger partial charge on any atom is 0.0620 e. The van der Waals surface area contributed by atoms with Gasteiger partial charge in [0, 0.05) is 0 Å². The van der Waals surface area contributed by atoms with Crippen molar-refractivity contribution in [2.45, 2.75) is 52.6 Å². The van der Waals surface area contributed by atoms with Crippen molar-refractivity contribution >= 4 is 0 Å². The molecule has 0 spiro atoms. The summed E-state index contributed by atoms with van der Waals surface area (Å²) in [6.45, 7) is 8.63. The molecular formula is C20H26O. The minimum Gasteiger partial charge on any atom is -0.392 e. The summed E-state index contributed by atoms with van der Waals surface area (Å²) in [7, 11) is 0. The van der Waals surface area contributed by atoms with Gasteiger partial charge in [0.15, 0.2) is 0 Å². The normalized spacial score (nSPS) is 12.7. The molecule has 0 aliphatic heterocycles. The van der Waals surface area contributed by atoms with E-state index < -0.39 is 0 Å². The molecule has 0 saturated heterocycles. The highest BCUT2D eigenvalue weighted by Gasteiger charge is 2.08. The molecule has 0 amide bonds. The van der Waals surface area contributed by atoms with Crippen LogP contribution in [0.2, 0.25) is 0 Å². The third-order valence-electron chi connectivity index (χ3n) is 4.16. The van der Waals surface area contributed by atoms with Crippen LogP contribution < -0.4 is 0 Å². The SMILES string of the molecule is Cc1ccc(CC(O)Cc2ccc(C(C)C)cc2)cc1C. The van der Waals surface area contributed by atoms with Crippen LogP contribution in [-0.2, 0) is 12.8 Å². The highest BCUT2D eigenvalue weighted by molar-refractivity contribution is 5.31. The van der Waals surface area contributed by atoms with Crippen molar-refractivity contribution in [3.8, 4) is 0 Å². The first kappa shape index (κ1) is 15.8. The van der Waals surface area contributed by atoms with Crippen LogP contribution in [0.15, 0.2) is 42.5 Å². The van der Waals surface area contributed by atoms with E-state index in [9.17, 15) is 5.11 Å². The van der Waals surface area contributed by atoms with Crippen LogP contribution in [0.25, 0.3) is 0 Å². The van der Waals surface area contributed by atoms with Gasteiger partial charge < -0.3 is 5.11 Å². The van der Waals surface area contributed by atoms with Gasteiger partial charge in [0.1, 0.15) is 0 Å². The molecule has 1 unspecified atom stereocenters. The minimum absolute atomic E-state index is 0.322. The van der Waals surface area contributed by atoms with Gasteiger partial charge >= 0.3 is 0 Å². The number of hydrogen-bond acceptors (Lipinski definition) is 1. The molecule has 1 heteroatoms. The minimum atomic E-state index is -0.322.